The molecule has 6 heteroatoms. The number of rotatable bonds is 8. The van der Waals surface area contributed by atoms with Crippen LogP contribution in [0.25, 0.3) is 0 Å². The largest absolute Gasteiger partial charge is 0.462 e. The molecule has 1 rings (SSSR count). The molecule has 22 heavy (non-hydrogen) atoms. The predicted molar refractivity (Wildman–Crippen MR) is 82.7 cm³/mol. The molecule has 1 aromatic carbocycles. The van der Waals surface area contributed by atoms with Crippen LogP contribution in [0.2, 0.25) is 0 Å². The number of benzene rings is 1. The average molecular weight is 321 g/mol. The highest BCUT2D eigenvalue weighted by Gasteiger charge is 2.26. The number of carbonyl (C=O) groups is 1. The highest BCUT2D eigenvalue weighted by Crippen LogP contribution is 2.19. The molecular formula is C16H19NO4S. The summed E-state index contributed by atoms with van der Waals surface area (Å²) in [5.74, 6) is -0.344. The van der Waals surface area contributed by atoms with Crippen molar-refractivity contribution in [2.45, 2.75) is 36.3 Å². The zero-order valence-corrected chi connectivity index (χ0v) is 13.3. The van der Waals surface area contributed by atoms with Gasteiger partial charge in [-0.2, -0.15) is 5.26 Å². The molecular weight excluding hydrogens is 302 g/mol. The Morgan fingerprint density at radius 2 is 2.00 bits per heavy atom. The summed E-state index contributed by atoms with van der Waals surface area (Å²) in [7, 11) is -3.61. The molecule has 0 fully saturated rings. The van der Waals surface area contributed by atoms with Crippen molar-refractivity contribution < 1.29 is 17.9 Å². The lowest BCUT2D eigenvalue weighted by molar-refractivity contribution is -0.139. The van der Waals surface area contributed by atoms with Gasteiger partial charge in [0, 0.05) is 6.92 Å². The second-order valence-corrected chi connectivity index (χ2v) is 6.81. The lowest BCUT2D eigenvalue weighted by Gasteiger charge is -2.10. The molecule has 0 spiro atoms. The van der Waals surface area contributed by atoms with Gasteiger partial charge in [-0.15, -0.1) is 0 Å². The van der Waals surface area contributed by atoms with E-state index in [2.05, 4.69) is 0 Å². The zero-order valence-electron chi connectivity index (χ0n) is 12.4. The topological polar surface area (TPSA) is 84.2 Å². The van der Waals surface area contributed by atoms with Gasteiger partial charge in [0.25, 0.3) is 0 Å². The molecule has 0 N–H and O–H groups in total. The van der Waals surface area contributed by atoms with Gasteiger partial charge in [-0.25, -0.2) is 8.42 Å². The third-order valence-corrected chi connectivity index (χ3v) is 5.00. The lowest BCUT2D eigenvalue weighted by Crippen LogP contribution is -2.19. The van der Waals surface area contributed by atoms with Crippen LogP contribution in [0.3, 0.4) is 0 Å². The molecule has 0 bridgehead atoms. The van der Waals surface area contributed by atoms with Gasteiger partial charge in [-0.1, -0.05) is 30.4 Å². The monoisotopic (exact) mass is 321 g/mol. The minimum absolute atomic E-state index is 0.173. The first kappa shape index (κ1) is 17.9. The molecule has 0 saturated heterocycles. The van der Waals surface area contributed by atoms with E-state index in [0.29, 0.717) is 12.8 Å². The van der Waals surface area contributed by atoms with Crippen LogP contribution in [0.15, 0.2) is 47.4 Å². The number of esters is 1. The maximum atomic E-state index is 12.3. The van der Waals surface area contributed by atoms with E-state index in [4.69, 9.17) is 10.00 Å². The lowest BCUT2D eigenvalue weighted by atomic mass is 10.2. The SMILES string of the molecule is CC(=O)OC/C=C/CCCC(C#N)S(=O)(=O)c1ccccc1. The summed E-state index contributed by atoms with van der Waals surface area (Å²) in [6.07, 6.45) is 4.98. The normalized spacial score (nSPS) is 12.7. The van der Waals surface area contributed by atoms with Crippen LogP contribution >= 0.6 is 0 Å². The summed E-state index contributed by atoms with van der Waals surface area (Å²) in [4.78, 5) is 10.7. The molecule has 5 nitrogen and oxygen atoms in total. The van der Waals surface area contributed by atoms with E-state index < -0.39 is 15.1 Å². The Hall–Kier alpha value is -2.13. The van der Waals surface area contributed by atoms with Crippen molar-refractivity contribution in [1.29, 1.82) is 5.26 Å². The fourth-order valence-electron chi connectivity index (χ4n) is 1.84. The van der Waals surface area contributed by atoms with Gasteiger partial charge in [0.15, 0.2) is 15.1 Å². The molecule has 0 saturated carbocycles. The predicted octanol–water partition coefficient (Wildman–Crippen LogP) is 2.64. The molecule has 0 heterocycles. The van der Waals surface area contributed by atoms with Crippen LogP contribution < -0.4 is 0 Å². The molecule has 0 aliphatic heterocycles. The number of nitriles is 1. The van der Waals surface area contributed by atoms with Gasteiger partial charge in [0.05, 0.1) is 11.0 Å². The van der Waals surface area contributed by atoms with Crippen molar-refractivity contribution in [3.05, 3.63) is 42.5 Å². The van der Waals surface area contributed by atoms with Crippen molar-refractivity contribution in [3.8, 4) is 6.07 Å². The third-order valence-electron chi connectivity index (χ3n) is 2.98. The van der Waals surface area contributed by atoms with Gasteiger partial charge in [0.2, 0.25) is 0 Å². The Balaban J connectivity index is 2.50. The number of carbonyl (C=O) groups excluding carboxylic acids is 1. The summed E-state index contributed by atoms with van der Waals surface area (Å²) in [6.45, 7) is 1.54. The minimum atomic E-state index is -3.61. The van der Waals surface area contributed by atoms with Crippen LogP contribution in [-0.4, -0.2) is 26.2 Å². The van der Waals surface area contributed by atoms with Crippen molar-refractivity contribution in [2.24, 2.45) is 0 Å². The standard InChI is InChI=1S/C16H19NO4S/c1-14(18)21-12-8-3-2-5-11-16(13-17)22(19,20)15-9-6-4-7-10-15/h3-4,6-10,16H,2,5,11-12H2,1H3/b8-3+. The van der Waals surface area contributed by atoms with Gasteiger partial charge >= 0.3 is 5.97 Å². The fourth-order valence-corrected chi connectivity index (χ4v) is 3.32. The molecule has 0 aliphatic rings. The summed E-state index contributed by atoms with van der Waals surface area (Å²) < 4.78 is 29.3. The Labute approximate surface area is 131 Å². The maximum absolute atomic E-state index is 12.3. The Kier molecular flexibility index (Phi) is 7.33. The Morgan fingerprint density at radius 1 is 1.32 bits per heavy atom. The Morgan fingerprint density at radius 3 is 2.59 bits per heavy atom. The minimum Gasteiger partial charge on any atom is -0.462 e. The summed E-state index contributed by atoms with van der Waals surface area (Å²) in [5.41, 5.74) is 0. The zero-order chi connectivity index (χ0) is 16.4. The van der Waals surface area contributed by atoms with Gasteiger partial charge < -0.3 is 4.74 Å². The highest BCUT2D eigenvalue weighted by molar-refractivity contribution is 7.92. The number of nitrogens with zero attached hydrogens (tertiary/aromatic N) is 1. The van der Waals surface area contributed by atoms with E-state index in [9.17, 15) is 13.2 Å². The molecule has 1 atom stereocenters. The van der Waals surface area contributed by atoms with Crippen molar-refractivity contribution in [2.75, 3.05) is 6.61 Å². The Bertz CT molecular complexity index is 644. The smallest absolute Gasteiger partial charge is 0.302 e. The third kappa shape index (κ3) is 5.70. The van der Waals surface area contributed by atoms with E-state index in [1.807, 2.05) is 12.1 Å². The van der Waals surface area contributed by atoms with Crippen LogP contribution in [0.4, 0.5) is 0 Å². The molecule has 1 aromatic rings. The number of sulfone groups is 1. The number of ether oxygens (including phenoxy) is 1. The van der Waals surface area contributed by atoms with E-state index in [0.717, 1.165) is 0 Å². The summed E-state index contributed by atoms with van der Waals surface area (Å²) >= 11 is 0. The molecule has 0 radical (unpaired) electrons. The van der Waals surface area contributed by atoms with Gasteiger partial charge in [-0.3, -0.25) is 4.79 Å². The van der Waals surface area contributed by atoms with E-state index in [1.165, 1.54) is 19.1 Å². The number of allylic oxidation sites excluding steroid dienone is 1. The number of hydrogen-bond acceptors (Lipinski definition) is 5. The second-order valence-electron chi connectivity index (χ2n) is 4.68. The first-order valence-electron chi connectivity index (χ1n) is 6.95. The molecule has 1 unspecified atom stereocenters. The maximum Gasteiger partial charge on any atom is 0.302 e. The van der Waals surface area contributed by atoms with Crippen molar-refractivity contribution >= 4 is 15.8 Å². The van der Waals surface area contributed by atoms with Crippen molar-refractivity contribution in [1.82, 2.24) is 0 Å². The van der Waals surface area contributed by atoms with E-state index >= 15 is 0 Å². The van der Waals surface area contributed by atoms with Crippen LogP contribution in [-0.2, 0) is 19.4 Å². The molecule has 0 amide bonds. The van der Waals surface area contributed by atoms with Crippen molar-refractivity contribution in [3.63, 3.8) is 0 Å². The highest BCUT2D eigenvalue weighted by atomic mass is 32.2. The molecule has 118 valence electrons. The van der Waals surface area contributed by atoms with Crippen LogP contribution in [0.5, 0.6) is 0 Å². The fraction of sp³-hybridized carbons (Fsp3) is 0.375. The second kappa shape index (κ2) is 9.00. The first-order chi connectivity index (χ1) is 10.5. The number of unbranched alkanes of at least 4 members (excludes halogenated alkanes) is 1. The molecule has 0 aliphatic carbocycles. The summed E-state index contributed by atoms with van der Waals surface area (Å²) in [5, 5.41) is 8.08. The van der Waals surface area contributed by atoms with E-state index in [1.54, 1.807) is 24.3 Å². The van der Waals surface area contributed by atoms with E-state index in [-0.39, 0.29) is 23.9 Å². The average Bonchev–Trinajstić information content (AvgIpc) is 2.50. The quantitative estimate of drug-likeness (QED) is 0.417. The van der Waals surface area contributed by atoms with Crippen LogP contribution in [0.1, 0.15) is 26.2 Å². The van der Waals surface area contributed by atoms with Gasteiger partial charge in [-0.05, 0) is 31.4 Å². The van der Waals surface area contributed by atoms with Gasteiger partial charge in [0.1, 0.15) is 6.61 Å². The molecule has 0 aromatic heterocycles. The first-order valence-corrected chi connectivity index (χ1v) is 8.50. The van der Waals surface area contributed by atoms with Crippen LogP contribution in [0, 0.1) is 11.3 Å². The summed E-state index contributed by atoms with van der Waals surface area (Å²) in [6, 6.07) is 9.88. The number of hydrogen-bond donors (Lipinski definition) is 0.